The molecule has 0 saturated carbocycles. The molecule has 0 aliphatic heterocycles. The van der Waals surface area contributed by atoms with Crippen LogP contribution < -0.4 is 10.5 Å². The molecule has 0 amide bonds. The van der Waals surface area contributed by atoms with E-state index in [-0.39, 0.29) is 12.1 Å². The Morgan fingerprint density at radius 2 is 2.10 bits per heavy atom. The minimum Gasteiger partial charge on any atom is -0.497 e. The van der Waals surface area contributed by atoms with E-state index in [1.54, 1.807) is 19.5 Å². The summed E-state index contributed by atoms with van der Waals surface area (Å²) in [7, 11) is 1.63. The Morgan fingerprint density at radius 1 is 1.40 bits per heavy atom. The Kier molecular flexibility index (Phi) is 4.38. The number of nitriles is 1. The van der Waals surface area contributed by atoms with Crippen molar-refractivity contribution in [1.29, 1.82) is 5.26 Å². The van der Waals surface area contributed by atoms with Gasteiger partial charge in [-0.2, -0.15) is 5.26 Å². The molecule has 5 heteroatoms. The smallest absolute Gasteiger partial charge is 0.213 e. The van der Waals surface area contributed by atoms with Crippen LogP contribution in [0.1, 0.15) is 30.8 Å². The van der Waals surface area contributed by atoms with Crippen LogP contribution in [0, 0.1) is 11.3 Å². The molecule has 0 aliphatic carbocycles. The van der Waals surface area contributed by atoms with Crippen molar-refractivity contribution < 1.29 is 4.74 Å². The van der Waals surface area contributed by atoms with Crippen molar-refractivity contribution in [3.05, 3.63) is 48.0 Å². The molecule has 2 N–H and O–H groups in total. The lowest BCUT2D eigenvalue weighted by atomic mass is 9.97. The van der Waals surface area contributed by atoms with Crippen molar-refractivity contribution >= 4 is 0 Å². The molecule has 1 aromatic heterocycles. The highest BCUT2D eigenvalue weighted by Crippen LogP contribution is 2.26. The summed E-state index contributed by atoms with van der Waals surface area (Å²) in [5, 5.41) is 9.15. The van der Waals surface area contributed by atoms with Crippen molar-refractivity contribution in [1.82, 2.24) is 9.55 Å². The van der Waals surface area contributed by atoms with Gasteiger partial charge in [-0.05, 0) is 24.1 Å². The second-order valence-electron chi connectivity index (χ2n) is 4.56. The monoisotopic (exact) mass is 270 g/mol. The third kappa shape index (κ3) is 2.65. The van der Waals surface area contributed by atoms with Gasteiger partial charge >= 0.3 is 0 Å². The average Bonchev–Trinajstić information content (AvgIpc) is 2.96. The van der Waals surface area contributed by atoms with E-state index in [4.69, 9.17) is 15.7 Å². The van der Waals surface area contributed by atoms with Gasteiger partial charge in [0.25, 0.3) is 0 Å². The number of benzene rings is 1. The minimum atomic E-state index is -0.108. The first-order chi connectivity index (χ1) is 9.71. The molecule has 2 rings (SSSR count). The van der Waals surface area contributed by atoms with Crippen molar-refractivity contribution in [2.75, 3.05) is 7.11 Å². The van der Waals surface area contributed by atoms with E-state index in [0.717, 1.165) is 17.7 Å². The summed E-state index contributed by atoms with van der Waals surface area (Å²) in [6, 6.07) is 9.64. The number of aromatic nitrogens is 2. The number of ether oxygens (including phenoxy) is 1. The molecular weight excluding hydrogens is 252 g/mol. The van der Waals surface area contributed by atoms with E-state index in [9.17, 15) is 0 Å². The molecular formula is C15H18N4O. The molecule has 5 nitrogen and oxygen atoms in total. The molecule has 0 radical (unpaired) electrons. The largest absolute Gasteiger partial charge is 0.497 e. The van der Waals surface area contributed by atoms with E-state index in [1.165, 1.54) is 0 Å². The zero-order chi connectivity index (χ0) is 14.5. The molecule has 0 bridgehead atoms. The van der Waals surface area contributed by atoms with E-state index in [0.29, 0.717) is 5.82 Å². The average molecular weight is 270 g/mol. The van der Waals surface area contributed by atoms with Gasteiger partial charge in [0.15, 0.2) is 0 Å². The molecule has 104 valence electrons. The number of hydrogen-bond donors (Lipinski definition) is 1. The predicted molar refractivity (Wildman–Crippen MR) is 76.3 cm³/mol. The Labute approximate surface area is 118 Å². The van der Waals surface area contributed by atoms with Crippen LogP contribution in [0.25, 0.3) is 0 Å². The van der Waals surface area contributed by atoms with E-state index in [1.807, 2.05) is 35.8 Å². The number of nitrogens with two attached hydrogens (primary N) is 1. The number of hydrogen-bond acceptors (Lipinski definition) is 4. The summed E-state index contributed by atoms with van der Waals surface area (Å²) in [6.45, 7) is 2.03. The number of imidazole rings is 1. The first-order valence-electron chi connectivity index (χ1n) is 6.53. The van der Waals surface area contributed by atoms with Gasteiger partial charge in [0, 0.05) is 18.4 Å². The summed E-state index contributed by atoms with van der Waals surface area (Å²) in [5.41, 5.74) is 7.28. The standard InChI is InChI=1S/C15H18N4O/c1-3-13(17)15(19-9-8-18-14(19)10-16)11-4-6-12(20-2)7-5-11/h4-9,13,15H,3,17H2,1-2H3. The van der Waals surface area contributed by atoms with Crippen LogP contribution in [0.5, 0.6) is 5.75 Å². The maximum atomic E-state index is 9.15. The van der Waals surface area contributed by atoms with Crippen molar-refractivity contribution in [2.24, 2.45) is 5.73 Å². The molecule has 2 unspecified atom stereocenters. The maximum Gasteiger partial charge on any atom is 0.213 e. The third-order valence-corrected chi connectivity index (χ3v) is 3.40. The molecule has 0 spiro atoms. The third-order valence-electron chi connectivity index (χ3n) is 3.40. The van der Waals surface area contributed by atoms with E-state index >= 15 is 0 Å². The summed E-state index contributed by atoms with van der Waals surface area (Å²) < 4.78 is 7.00. The lowest BCUT2D eigenvalue weighted by Crippen LogP contribution is -2.32. The van der Waals surface area contributed by atoms with Gasteiger partial charge in [-0.25, -0.2) is 4.98 Å². The van der Waals surface area contributed by atoms with Crippen LogP contribution >= 0.6 is 0 Å². The summed E-state index contributed by atoms with van der Waals surface area (Å²) >= 11 is 0. The Bertz CT molecular complexity index is 597. The fraction of sp³-hybridized carbons (Fsp3) is 0.333. The lowest BCUT2D eigenvalue weighted by Gasteiger charge is -2.25. The van der Waals surface area contributed by atoms with E-state index in [2.05, 4.69) is 11.1 Å². The van der Waals surface area contributed by atoms with Gasteiger partial charge in [-0.1, -0.05) is 19.1 Å². The van der Waals surface area contributed by atoms with Crippen LogP contribution in [-0.2, 0) is 0 Å². The van der Waals surface area contributed by atoms with Crippen LogP contribution in [0.2, 0.25) is 0 Å². The van der Waals surface area contributed by atoms with Crippen LogP contribution in [0.4, 0.5) is 0 Å². The first kappa shape index (κ1) is 14.1. The van der Waals surface area contributed by atoms with Gasteiger partial charge in [0.1, 0.15) is 11.8 Å². The number of methoxy groups -OCH3 is 1. The highest BCUT2D eigenvalue weighted by Gasteiger charge is 2.22. The van der Waals surface area contributed by atoms with Gasteiger partial charge in [-0.15, -0.1) is 0 Å². The summed E-state index contributed by atoms with van der Waals surface area (Å²) in [4.78, 5) is 4.05. The molecule has 1 heterocycles. The SMILES string of the molecule is CCC(N)C(c1ccc(OC)cc1)n1ccnc1C#N. The second-order valence-corrected chi connectivity index (χ2v) is 4.56. The zero-order valence-electron chi connectivity index (χ0n) is 11.7. The normalized spacial score (nSPS) is 13.5. The fourth-order valence-corrected chi connectivity index (χ4v) is 2.26. The first-order valence-corrected chi connectivity index (χ1v) is 6.53. The fourth-order valence-electron chi connectivity index (χ4n) is 2.26. The second kappa shape index (κ2) is 6.22. The Balaban J connectivity index is 2.45. The number of nitrogens with zero attached hydrogens (tertiary/aromatic N) is 3. The molecule has 0 saturated heterocycles. The molecule has 2 aromatic rings. The maximum absolute atomic E-state index is 9.15. The zero-order valence-corrected chi connectivity index (χ0v) is 11.7. The van der Waals surface area contributed by atoms with Gasteiger partial charge < -0.3 is 15.0 Å². The highest BCUT2D eigenvalue weighted by molar-refractivity contribution is 5.31. The number of rotatable bonds is 5. The molecule has 0 aliphatic rings. The summed E-state index contributed by atoms with van der Waals surface area (Å²) in [5.74, 6) is 1.17. The van der Waals surface area contributed by atoms with Crippen LogP contribution in [-0.4, -0.2) is 22.7 Å². The minimum absolute atomic E-state index is 0.0929. The molecule has 2 atom stereocenters. The lowest BCUT2D eigenvalue weighted by molar-refractivity contribution is 0.413. The van der Waals surface area contributed by atoms with Crippen molar-refractivity contribution in [2.45, 2.75) is 25.4 Å². The van der Waals surface area contributed by atoms with Crippen LogP contribution in [0.3, 0.4) is 0 Å². The van der Waals surface area contributed by atoms with Crippen molar-refractivity contribution in [3.63, 3.8) is 0 Å². The van der Waals surface area contributed by atoms with Crippen molar-refractivity contribution in [3.8, 4) is 11.8 Å². The van der Waals surface area contributed by atoms with Gasteiger partial charge in [0.05, 0.1) is 13.2 Å². The van der Waals surface area contributed by atoms with Gasteiger partial charge in [0.2, 0.25) is 5.82 Å². The van der Waals surface area contributed by atoms with Crippen LogP contribution in [0.15, 0.2) is 36.7 Å². The van der Waals surface area contributed by atoms with E-state index < -0.39 is 0 Å². The molecule has 1 aromatic carbocycles. The quantitative estimate of drug-likeness (QED) is 0.902. The molecule has 0 fully saturated rings. The van der Waals surface area contributed by atoms with Gasteiger partial charge in [-0.3, -0.25) is 0 Å². The Morgan fingerprint density at radius 3 is 2.65 bits per heavy atom. The highest BCUT2D eigenvalue weighted by atomic mass is 16.5. The predicted octanol–water partition coefficient (Wildman–Crippen LogP) is 2.09. The topological polar surface area (TPSA) is 76.9 Å². The Hall–Kier alpha value is -2.32. The summed E-state index contributed by atoms with van der Waals surface area (Å²) in [6.07, 6.45) is 4.22. The molecule has 20 heavy (non-hydrogen) atoms.